The highest BCUT2D eigenvalue weighted by atomic mass is 35.5. The maximum Gasteiger partial charge on any atom is 0.244 e. The molecule has 0 atom stereocenters. The summed E-state index contributed by atoms with van der Waals surface area (Å²) in [5.41, 5.74) is 4.84. The van der Waals surface area contributed by atoms with Gasteiger partial charge in [-0.1, -0.05) is 35.9 Å². The summed E-state index contributed by atoms with van der Waals surface area (Å²) in [5, 5.41) is 8.37. The number of carbonyl (C=O) groups excluding carboxylic acids is 1. The third-order valence-electron chi connectivity index (χ3n) is 6.24. The summed E-state index contributed by atoms with van der Waals surface area (Å²) in [4.78, 5) is 21.8. The smallest absolute Gasteiger partial charge is 0.244 e. The summed E-state index contributed by atoms with van der Waals surface area (Å²) in [7, 11) is 2.13. The molecular formula is C26H31ClN6O. The Morgan fingerprint density at radius 3 is 2.59 bits per heavy atom. The lowest BCUT2D eigenvalue weighted by molar-refractivity contribution is -0.116. The van der Waals surface area contributed by atoms with E-state index >= 15 is 0 Å². The summed E-state index contributed by atoms with van der Waals surface area (Å²) in [5.74, 6) is 0.804. The van der Waals surface area contributed by atoms with Gasteiger partial charge in [0.2, 0.25) is 5.91 Å². The first kappa shape index (κ1) is 24.0. The number of anilines is 1. The van der Waals surface area contributed by atoms with E-state index in [0.29, 0.717) is 13.1 Å². The first-order valence-electron chi connectivity index (χ1n) is 11.5. The van der Waals surface area contributed by atoms with E-state index in [2.05, 4.69) is 32.2 Å². The molecule has 0 aliphatic carbocycles. The lowest BCUT2D eigenvalue weighted by Crippen LogP contribution is -2.45. The van der Waals surface area contributed by atoms with Crippen molar-refractivity contribution in [3.8, 4) is 0 Å². The zero-order valence-electron chi connectivity index (χ0n) is 20.0. The molecule has 1 aromatic carbocycles. The molecule has 1 amide bonds. The van der Waals surface area contributed by atoms with Gasteiger partial charge >= 0.3 is 0 Å². The Hall–Kier alpha value is -3.16. The molecule has 3 heterocycles. The number of nitrogens with one attached hydrogen (secondary N) is 1. The van der Waals surface area contributed by atoms with Crippen LogP contribution < -0.4 is 10.2 Å². The topological polar surface area (TPSA) is 66.3 Å². The number of hydrogen-bond acceptors (Lipinski definition) is 5. The number of piperazine rings is 1. The summed E-state index contributed by atoms with van der Waals surface area (Å²) in [6.07, 6.45) is 5.22. The van der Waals surface area contributed by atoms with Gasteiger partial charge in [-0.05, 0) is 44.7 Å². The van der Waals surface area contributed by atoms with Gasteiger partial charge in [0.1, 0.15) is 5.82 Å². The summed E-state index contributed by atoms with van der Waals surface area (Å²) in [6.45, 7) is 8.86. The fourth-order valence-corrected chi connectivity index (χ4v) is 4.36. The average Bonchev–Trinajstić information content (AvgIpc) is 3.10. The molecule has 0 bridgehead atoms. The number of amides is 1. The zero-order valence-corrected chi connectivity index (χ0v) is 20.7. The van der Waals surface area contributed by atoms with Gasteiger partial charge in [0, 0.05) is 66.8 Å². The number of pyridine rings is 1. The van der Waals surface area contributed by atoms with Crippen LogP contribution in [0.25, 0.3) is 6.08 Å². The SMILES string of the molecule is Cc1nn(Cc2ccccc2Cl)c(C)c1/C=C/C(=O)NCc1cccnc1N1CCN(C)CC1. The van der Waals surface area contributed by atoms with Crippen LogP contribution in [0.4, 0.5) is 5.82 Å². The largest absolute Gasteiger partial charge is 0.354 e. The van der Waals surface area contributed by atoms with Gasteiger partial charge in [0.05, 0.1) is 12.2 Å². The molecule has 7 nitrogen and oxygen atoms in total. The predicted octanol–water partition coefficient (Wildman–Crippen LogP) is 3.68. The van der Waals surface area contributed by atoms with E-state index in [4.69, 9.17) is 11.6 Å². The van der Waals surface area contributed by atoms with Crippen LogP contribution >= 0.6 is 11.6 Å². The molecule has 0 saturated carbocycles. The van der Waals surface area contributed by atoms with Crippen molar-refractivity contribution in [3.63, 3.8) is 0 Å². The molecule has 0 unspecified atom stereocenters. The van der Waals surface area contributed by atoms with E-state index < -0.39 is 0 Å². The Kier molecular flexibility index (Phi) is 7.65. The van der Waals surface area contributed by atoms with Crippen LogP contribution in [-0.2, 0) is 17.9 Å². The van der Waals surface area contributed by atoms with Gasteiger partial charge in [0.25, 0.3) is 0 Å². The number of rotatable bonds is 7. The van der Waals surface area contributed by atoms with Crippen molar-refractivity contribution in [2.45, 2.75) is 26.9 Å². The summed E-state index contributed by atoms with van der Waals surface area (Å²) in [6, 6.07) is 11.7. The van der Waals surface area contributed by atoms with Crippen LogP contribution in [0.3, 0.4) is 0 Å². The Bertz CT molecular complexity index is 1180. The second-order valence-electron chi connectivity index (χ2n) is 8.66. The minimum atomic E-state index is -0.147. The van der Waals surface area contributed by atoms with Crippen LogP contribution in [0.15, 0.2) is 48.7 Å². The van der Waals surface area contributed by atoms with E-state index in [1.165, 1.54) is 0 Å². The minimum Gasteiger partial charge on any atom is -0.354 e. The molecule has 4 rings (SSSR count). The molecular weight excluding hydrogens is 448 g/mol. The van der Waals surface area contributed by atoms with Crippen molar-refractivity contribution >= 4 is 29.4 Å². The van der Waals surface area contributed by atoms with Gasteiger partial charge in [-0.15, -0.1) is 0 Å². The first-order valence-corrected chi connectivity index (χ1v) is 11.9. The Morgan fingerprint density at radius 2 is 1.82 bits per heavy atom. The third-order valence-corrected chi connectivity index (χ3v) is 6.61. The fraction of sp³-hybridized carbons (Fsp3) is 0.346. The molecule has 34 heavy (non-hydrogen) atoms. The van der Waals surface area contributed by atoms with Crippen LogP contribution in [0, 0.1) is 13.8 Å². The van der Waals surface area contributed by atoms with Crippen molar-refractivity contribution in [1.82, 2.24) is 25.0 Å². The van der Waals surface area contributed by atoms with Gasteiger partial charge in [-0.2, -0.15) is 5.10 Å². The molecule has 2 aromatic heterocycles. The predicted molar refractivity (Wildman–Crippen MR) is 137 cm³/mol. The maximum absolute atomic E-state index is 12.6. The number of likely N-dealkylation sites (N-methyl/N-ethyl adjacent to an activating group) is 1. The second kappa shape index (κ2) is 10.8. The van der Waals surface area contributed by atoms with Crippen LogP contribution in [0.2, 0.25) is 5.02 Å². The lowest BCUT2D eigenvalue weighted by Gasteiger charge is -2.34. The molecule has 1 aliphatic rings. The molecule has 178 valence electrons. The van der Waals surface area contributed by atoms with E-state index in [1.54, 1.807) is 6.08 Å². The molecule has 1 aliphatic heterocycles. The number of carbonyl (C=O) groups is 1. The normalized spacial score (nSPS) is 14.6. The van der Waals surface area contributed by atoms with Crippen molar-refractivity contribution in [2.24, 2.45) is 0 Å². The number of nitrogens with zero attached hydrogens (tertiary/aromatic N) is 5. The van der Waals surface area contributed by atoms with Crippen LogP contribution in [-0.4, -0.2) is 58.8 Å². The number of halogens is 1. The van der Waals surface area contributed by atoms with E-state index in [-0.39, 0.29) is 5.91 Å². The summed E-state index contributed by atoms with van der Waals surface area (Å²) >= 11 is 6.31. The number of aromatic nitrogens is 3. The molecule has 0 radical (unpaired) electrons. The number of benzene rings is 1. The molecule has 8 heteroatoms. The van der Waals surface area contributed by atoms with Gasteiger partial charge in [-0.3, -0.25) is 9.48 Å². The third kappa shape index (κ3) is 5.66. The average molecular weight is 479 g/mol. The Labute approximate surface area is 206 Å². The minimum absolute atomic E-state index is 0.147. The Morgan fingerprint density at radius 1 is 1.09 bits per heavy atom. The van der Waals surface area contributed by atoms with E-state index in [1.807, 2.05) is 67.2 Å². The van der Waals surface area contributed by atoms with Crippen LogP contribution in [0.5, 0.6) is 0 Å². The monoisotopic (exact) mass is 478 g/mol. The molecule has 0 spiro atoms. The van der Waals surface area contributed by atoms with Crippen molar-refractivity contribution in [1.29, 1.82) is 0 Å². The van der Waals surface area contributed by atoms with Gasteiger partial charge in [0.15, 0.2) is 0 Å². The van der Waals surface area contributed by atoms with Gasteiger partial charge < -0.3 is 15.1 Å². The van der Waals surface area contributed by atoms with Crippen molar-refractivity contribution in [2.75, 3.05) is 38.1 Å². The second-order valence-corrected chi connectivity index (χ2v) is 9.07. The van der Waals surface area contributed by atoms with E-state index in [9.17, 15) is 4.79 Å². The highest BCUT2D eigenvalue weighted by Gasteiger charge is 2.18. The lowest BCUT2D eigenvalue weighted by atomic mass is 10.1. The highest BCUT2D eigenvalue weighted by Crippen LogP contribution is 2.21. The van der Waals surface area contributed by atoms with Crippen molar-refractivity contribution in [3.05, 3.63) is 81.8 Å². The van der Waals surface area contributed by atoms with Crippen LogP contribution in [0.1, 0.15) is 28.1 Å². The maximum atomic E-state index is 12.6. The van der Waals surface area contributed by atoms with Crippen molar-refractivity contribution < 1.29 is 4.79 Å². The zero-order chi connectivity index (χ0) is 24.1. The molecule has 1 fully saturated rings. The fourth-order valence-electron chi connectivity index (χ4n) is 4.17. The highest BCUT2D eigenvalue weighted by molar-refractivity contribution is 6.31. The van der Waals surface area contributed by atoms with Gasteiger partial charge in [-0.25, -0.2) is 4.98 Å². The molecule has 3 aromatic rings. The quantitative estimate of drug-likeness (QED) is 0.525. The Balaban J connectivity index is 1.40. The first-order chi connectivity index (χ1) is 16.4. The number of hydrogen-bond donors (Lipinski definition) is 1. The molecule has 1 saturated heterocycles. The standard InChI is InChI=1S/C26H31ClN6O/c1-19-23(20(2)33(30-19)18-22-7-4-5-9-24(22)27)10-11-25(34)29-17-21-8-6-12-28-26(21)32-15-13-31(3)14-16-32/h4-12H,13-18H2,1-3H3,(H,29,34)/b11-10+. The number of aryl methyl sites for hydroxylation is 1. The molecule has 1 N–H and O–H groups in total. The summed E-state index contributed by atoms with van der Waals surface area (Å²) < 4.78 is 1.92. The van der Waals surface area contributed by atoms with E-state index in [0.717, 1.165) is 65.1 Å².